The van der Waals surface area contributed by atoms with Crippen molar-refractivity contribution in [1.82, 2.24) is 5.32 Å². The van der Waals surface area contributed by atoms with Crippen molar-refractivity contribution < 1.29 is 30.0 Å². The van der Waals surface area contributed by atoms with Crippen LogP contribution in [-0.4, -0.2) is 63.1 Å². The average molecular weight is 265 g/mol. The van der Waals surface area contributed by atoms with Crippen LogP contribution in [0.15, 0.2) is 0 Å². The Morgan fingerprint density at radius 1 is 1.17 bits per heavy atom. The molecule has 0 aromatic heterocycles. The Bertz CT molecular complexity index is 263. The third kappa shape index (κ3) is 6.75. The number of aliphatic hydroxyl groups is 4. The van der Waals surface area contributed by atoms with E-state index in [0.29, 0.717) is 0 Å². The Kier molecular flexibility index (Phi) is 6.55. The van der Waals surface area contributed by atoms with Crippen LogP contribution in [0.25, 0.3) is 0 Å². The molecule has 0 bridgehead atoms. The first kappa shape index (κ1) is 17.1. The Balaban J connectivity index is 4.10. The lowest BCUT2D eigenvalue weighted by molar-refractivity contribution is -0.0986. The first-order chi connectivity index (χ1) is 8.04. The largest absolute Gasteiger partial charge is 0.444 e. The average Bonchev–Trinajstić information content (AvgIpc) is 2.21. The summed E-state index contributed by atoms with van der Waals surface area (Å²) in [6, 6.07) is 0. The smallest absolute Gasteiger partial charge is 0.407 e. The molecule has 0 radical (unpaired) electrons. The molecule has 0 aliphatic rings. The fourth-order valence-corrected chi connectivity index (χ4v) is 1.14. The molecule has 0 aromatic rings. The quantitative estimate of drug-likeness (QED) is 0.434. The number of hydrogen-bond donors (Lipinski definition) is 5. The second-order valence-corrected chi connectivity index (χ2v) is 5.17. The van der Waals surface area contributed by atoms with Crippen molar-refractivity contribution in [3.05, 3.63) is 0 Å². The second kappa shape index (κ2) is 6.89. The van der Waals surface area contributed by atoms with E-state index in [-0.39, 0.29) is 6.54 Å². The standard InChI is InChI=1S/C11H23NO6/c1-6(13)8(15)9(16)7(14)5-12-10(17)18-11(2,3)4/h6-9,13-16H,5H2,1-4H3,(H,12,17)/t6-,7-,8-,9-/m0/s1. The van der Waals surface area contributed by atoms with Gasteiger partial charge in [0.05, 0.1) is 12.2 Å². The van der Waals surface area contributed by atoms with Crippen molar-refractivity contribution in [2.45, 2.75) is 57.7 Å². The lowest BCUT2D eigenvalue weighted by Crippen LogP contribution is -2.48. The Morgan fingerprint density at radius 2 is 1.67 bits per heavy atom. The van der Waals surface area contributed by atoms with Crippen LogP contribution < -0.4 is 5.32 Å². The molecule has 0 aromatic carbocycles. The molecule has 0 aliphatic heterocycles. The minimum absolute atomic E-state index is 0.292. The van der Waals surface area contributed by atoms with Gasteiger partial charge in [-0.1, -0.05) is 0 Å². The molecule has 7 heteroatoms. The summed E-state index contributed by atoms with van der Waals surface area (Å²) in [6.07, 6.45) is -6.36. The van der Waals surface area contributed by atoms with E-state index in [9.17, 15) is 20.1 Å². The van der Waals surface area contributed by atoms with Gasteiger partial charge in [0.25, 0.3) is 0 Å². The predicted octanol–water partition coefficient (Wildman–Crippen LogP) is -1.03. The van der Waals surface area contributed by atoms with E-state index in [1.165, 1.54) is 6.92 Å². The highest BCUT2D eigenvalue weighted by Gasteiger charge is 2.28. The maximum Gasteiger partial charge on any atom is 0.407 e. The molecule has 0 unspecified atom stereocenters. The van der Waals surface area contributed by atoms with Gasteiger partial charge in [0.2, 0.25) is 0 Å². The van der Waals surface area contributed by atoms with Gasteiger partial charge >= 0.3 is 6.09 Å². The zero-order chi connectivity index (χ0) is 14.5. The van der Waals surface area contributed by atoms with Gasteiger partial charge in [0.15, 0.2) is 0 Å². The van der Waals surface area contributed by atoms with E-state index in [1.54, 1.807) is 20.8 Å². The lowest BCUT2D eigenvalue weighted by atomic mass is 10.0. The van der Waals surface area contributed by atoms with E-state index >= 15 is 0 Å². The Hall–Kier alpha value is -0.890. The monoisotopic (exact) mass is 265 g/mol. The Labute approximate surface area is 106 Å². The number of hydrogen-bond acceptors (Lipinski definition) is 6. The molecular formula is C11H23NO6. The highest BCUT2D eigenvalue weighted by atomic mass is 16.6. The molecule has 4 atom stereocenters. The molecule has 1 amide bonds. The van der Waals surface area contributed by atoms with Crippen molar-refractivity contribution in [3.63, 3.8) is 0 Å². The molecule has 0 aliphatic carbocycles. The van der Waals surface area contributed by atoms with Crippen LogP contribution in [0, 0.1) is 0 Å². The lowest BCUT2D eigenvalue weighted by Gasteiger charge is -2.25. The summed E-state index contributed by atoms with van der Waals surface area (Å²) < 4.78 is 4.92. The van der Waals surface area contributed by atoms with E-state index in [0.717, 1.165) is 0 Å². The summed E-state index contributed by atoms with van der Waals surface area (Å²) in [4.78, 5) is 11.3. The normalized spacial score (nSPS) is 18.7. The van der Waals surface area contributed by atoms with Gasteiger partial charge in [-0.2, -0.15) is 0 Å². The van der Waals surface area contributed by atoms with Gasteiger partial charge in [-0.15, -0.1) is 0 Å². The van der Waals surface area contributed by atoms with Crippen molar-refractivity contribution in [2.24, 2.45) is 0 Å². The van der Waals surface area contributed by atoms with Crippen LogP contribution >= 0.6 is 0 Å². The Morgan fingerprint density at radius 3 is 2.06 bits per heavy atom. The fourth-order valence-electron chi connectivity index (χ4n) is 1.14. The SMILES string of the molecule is C[C@H](O)[C@H](O)[C@@H](O)[C@@H](O)CNC(=O)OC(C)(C)C. The van der Waals surface area contributed by atoms with E-state index < -0.39 is 36.1 Å². The zero-order valence-corrected chi connectivity index (χ0v) is 11.1. The second-order valence-electron chi connectivity index (χ2n) is 5.17. The molecular weight excluding hydrogens is 242 g/mol. The maximum atomic E-state index is 11.3. The third-order valence-corrected chi connectivity index (χ3v) is 2.09. The first-order valence-electron chi connectivity index (χ1n) is 5.73. The fraction of sp³-hybridized carbons (Fsp3) is 0.909. The van der Waals surface area contributed by atoms with Crippen LogP contribution in [0.1, 0.15) is 27.7 Å². The topological polar surface area (TPSA) is 119 Å². The number of carbonyl (C=O) groups excluding carboxylic acids is 1. The number of nitrogens with one attached hydrogen (secondary N) is 1. The highest BCUT2D eigenvalue weighted by Crippen LogP contribution is 2.07. The van der Waals surface area contributed by atoms with Gasteiger partial charge in [-0.25, -0.2) is 4.79 Å². The summed E-state index contributed by atoms with van der Waals surface area (Å²) in [5.41, 5.74) is -0.660. The van der Waals surface area contributed by atoms with Gasteiger partial charge in [0, 0.05) is 6.54 Å². The summed E-state index contributed by atoms with van der Waals surface area (Å²) in [5, 5.41) is 39.5. The van der Waals surface area contributed by atoms with Gasteiger partial charge in [-0.3, -0.25) is 0 Å². The maximum absolute atomic E-state index is 11.3. The highest BCUT2D eigenvalue weighted by molar-refractivity contribution is 5.67. The number of alkyl carbamates (subject to hydrolysis) is 1. The molecule has 18 heavy (non-hydrogen) atoms. The van der Waals surface area contributed by atoms with Gasteiger partial charge in [0.1, 0.15) is 17.8 Å². The number of aliphatic hydroxyl groups excluding tert-OH is 4. The minimum atomic E-state index is -1.56. The predicted molar refractivity (Wildman–Crippen MR) is 63.9 cm³/mol. The number of rotatable bonds is 5. The van der Waals surface area contributed by atoms with Gasteiger partial charge < -0.3 is 30.5 Å². The van der Waals surface area contributed by atoms with Crippen molar-refractivity contribution >= 4 is 6.09 Å². The first-order valence-corrected chi connectivity index (χ1v) is 5.73. The molecule has 0 rings (SSSR count). The number of carbonyl (C=O) groups is 1. The zero-order valence-electron chi connectivity index (χ0n) is 11.1. The molecule has 0 spiro atoms. The molecule has 7 nitrogen and oxygen atoms in total. The molecule has 5 N–H and O–H groups in total. The van der Waals surface area contributed by atoms with Crippen LogP contribution in [-0.2, 0) is 4.74 Å². The van der Waals surface area contributed by atoms with Crippen molar-refractivity contribution in [1.29, 1.82) is 0 Å². The summed E-state index contributed by atoms with van der Waals surface area (Å²) in [7, 11) is 0. The van der Waals surface area contributed by atoms with Crippen LogP contribution in [0.3, 0.4) is 0 Å². The van der Waals surface area contributed by atoms with Crippen LogP contribution in [0.4, 0.5) is 4.79 Å². The van der Waals surface area contributed by atoms with Crippen LogP contribution in [0.2, 0.25) is 0 Å². The van der Waals surface area contributed by atoms with E-state index in [1.807, 2.05) is 0 Å². The summed E-state index contributed by atoms with van der Waals surface area (Å²) in [5.74, 6) is 0. The van der Waals surface area contributed by atoms with E-state index in [4.69, 9.17) is 9.84 Å². The molecule has 0 saturated carbocycles. The van der Waals surface area contributed by atoms with Gasteiger partial charge in [-0.05, 0) is 27.7 Å². The summed E-state index contributed by atoms with van der Waals surface area (Å²) in [6.45, 7) is 6.06. The summed E-state index contributed by atoms with van der Waals surface area (Å²) >= 11 is 0. The molecule has 108 valence electrons. The van der Waals surface area contributed by atoms with Crippen molar-refractivity contribution in [2.75, 3.05) is 6.54 Å². The molecule has 0 fully saturated rings. The van der Waals surface area contributed by atoms with Crippen molar-refractivity contribution in [3.8, 4) is 0 Å². The molecule has 0 saturated heterocycles. The van der Waals surface area contributed by atoms with E-state index in [2.05, 4.69) is 5.32 Å². The molecule has 0 heterocycles. The number of amides is 1. The third-order valence-electron chi connectivity index (χ3n) is 2.09. The minimum Gasteiger partial charge on any atom is -0.444 e. The van der Waals surface area contributed by atoms with Crippen LogP contribution in [0.5, 0.6) is 0 Å². The number of ether oxygens (including phenoxy) is 1.